The number of amides is 1. The van der Waals surface area contributed by atoms with Gasteiger partial charge in [-0.25, -0.2) is 9.48 Å². The Bertz CT molecular complexity index is 893. The summed E-state index contributed by atoms with van der Waals surface area (Å²) in [5.41, 5.74) is 0.463. The number of thiophene rings is 1. The van der Waals surface area contributed by atoms with Gasteiger partial charge in [0.1, 0.15) is 5.82 Å². The van der Waals surface area contributed by atoms with Crippen LogP contribution in [0.4, 0.5) is 0 Å². The molecule has 1 aliphatic heterocycles. The highest BCUT2D eigenvalue weighted by molar-refractivity contribution is 7.12. The minimum absolute atomic E-state index is 0.0107. The molecule has 2 aromatic heterocycles. The third kappa shape index (κ3) is 4.55. The lowest BCUT2D eigenvalue weighted by Crippen LogP contribution is -2.35. The monoisotopic (exact) mass is 390 g/mol. The molecule has 1 atom stereocenters. The number of aromatic nitrogens is 3. The maximum Gasteiger partial charge on any atom is 0.345 e. The van der Waals surface area contributed by atoms with Crippen molar-refractivity contribution in [3.8, 4) is 0 Å². The van der Waals surface area contributed by atoms with E-state index in [9.17, 15) is 14.4 Å². The molecule has 1 aliphatic rings. The molecule has 0 aliphatic carbocycles. The minimum Gasteiger partial charge on any atom is -0.349 e. The molecule has 1 N–H and O–H groups in total. The fourth-order valence-electron chi connectivity index (χ4n) is 3.21. The third-order valence-electron chi connectivity index (χ3n) is 4.88. The van der Waals surface area contributed by atoms with Crippen molar-refractivity contribution >= 4 is 23.0 Å². The number of Topliss-reactive ketones (excluding diaryl/α,β-unsaturated/α-hetero) is 1. The molecule has 8 heteroatoms. The molecule has 0 bridgehead atoms. The van der Waals surface area contributed by atoms with Crippen LogP contribution in [0.1, 0.15) is 65.9 Å². The largest absolute Gasteiger partial charge is 0.349 e. The number of carbonyl (C=O) groups excluding carboxylic acids is 2. The number of rotatable bonds is 6. The molecule has 1 amide bonds. The van der Waals surface area contributed by atoms with E-state index in [0.717, 1.165) is 18.7 Å². The van der Waals surface area contributed by atoms with Crippen molar-refractivity contribution in [2.75, 3.05) is 0 Å². The number of ketones is 1. The molecule has 0 saturated carbocycles. The van der Waals surface area contributed by atoms with Gasteiger partial charge < -0.3 is 5.32 Å². The Kier molecular flexibility index (Phi) is 5.94. The van der Waals surface area contributed by atoms with Gasteiger partial charge in [0.25, 0.3) is 5.91 Å². The molecule has 0 saturated heterocycles. The van der Waals surface area contributed by atoms with E-state index in [-0.39, 0.29) is 23.4 Å². The lowest BCUT2D eigenvalue weighted by Gasteiger charge is -2.15. The lowest BCUT2D eigenvalue weighted by molar-refractivity contribution is 0.0933. The Labute approximate surface area is 162 Å². The van der Waals surface area contributed by atoms with Crippen molar-refractivity contribution in [1.82, 2.24) is 19.7 Å². The van der Waals surface area contributed by atoms with Crippen molar-refractivity contribution in [3.05, 3.63) is 38.2 Å². The van der Waals surface area contributed by atoms with Crippen LogP contribution < -0.4 is 11.0 Å². The normalized spacial score (nSPS) is 16.8. The van der Waals surface area contributed by atoms with Gasteiger partial charge in [-0.3, -0.25) is 14.2 Å². The molecule has 146 valence electrons. The summed E-state index contributed by atoms with van der Waals surface area (Å²) in [5, 5.41) is 9.24. The zero-order valence-electron chi connectivity index (χ0n) is 16.0. The van der Waals surface area contributed by atoms with Crippen LogP contribution in [-0.4, -0.2) is 32.1 Å². The molecule has 3 rings (SSSR count). The van der Waals surface area contributed by atoms with Gasteiger partial charge in [0.2, 0.25) is 0 Å². The lowest BCUT2D eigenvalue weighted by atomic mass is 10.1. The van der Waals surface area contributed by atoms with Crippen molar-refractivity contribution in [3.63, 3.8) is 0 Å². The Morgan fingerprint density at radius 3 is 2.81 bits per heavy atom. The van der Waals surface area contributed by atoms with Gasteiger partial charge >= 0.3 is 5.69 Å². The number of fused-ring (bicyclic) bond motifs is 1. The van der Waals surface area contributed by atoms with Crippen LogP contribution in [0.25, 0.3) is 0 Å². The maximum atomic E-state index is 12.5. The molecule has 1 unspecified atom stereocenters. The average molecular weight is 391 g/mol. The van der Waals surface area contributed by atoms with Crippen molar-refractivity contribution in [1.29, 1.82) is 0 Å². The summed E-state index contributed by atoms with van der Waals surface area (Å²) in [7, 11) is 0. The number of nitrogens with one attached hydrogen (secondary N) is 1. The number of hydrogen-bond donors (Lipinski definition) is 1. The van der Waals surface area contributed by atoms with Gasteiger partial charge in [0.15, 0.2) is 5.78 Å². The van der Waals surface area contributed by atoms with Gasteiger partial charge in [-0.1, -0.05) is 13.8 Å². The molecule has 3 heterocycles. The Balaban J connectivity index is 1.62. The van der Waals surface area contributed by atoms with Gasteiger partial charge in [0.05, 0.1) is 10.4 Å². The first kappa shape index (κ1) is 19.5. The highest BCUT2D eigenvalue weighted by atomic mass is 32.1. The average Bonchev–Trinajstić information content (AvgIpc) is 3.16. The maximum absolute atomic E-state index is 12.5. The topological polar surface area (TPSA) is 86.0 Å². The van der Waals surface area contributed by atoms with Crippen LogP contribution in [0.2, 0.25) is 0 Å². The quantitative estimate of drug-likeness (QED) is 0.768. The predicted octanol–water partition coefficient (Wildman–Crippen LogP) is 2.49. The minimum atomic E-state index is -0.169. The smallest absolute Gasteiger partial charge is 0.345 e. The Morgan fingerprint density at radius 2 is 2.15 bits per heavy atom. The highest BCUT2D eigenvalue weighted by Gasteiger charge is 2.23. The van der Waals surface area contributed by atoms with Gasteiger partial charge in [0, 0.05) is 30.9 Å². The third-order valence-corrected chi connectivity index (χ3v) is 5.91. The molecular weight excluding hydrogens is 364 g/mol. The van der Waals surface area contributed by atoms with Gasteiger partial charge in [-0.15, -0.1) is 11.3 Å². The first-order valence-corrected chi connectivity index (χ1v) is 10.3. The number of aryl methyl sites for hydroxylation is 2. The van der Waals surface area contributed by atoms with E-state index < -0.39 is 0 Å². The van der Waals surface area contributed by atoms with Gasteiger partial charge in [-0.05, 0) is 38.2 Å². The highest BCUT2D eigenvalue weighted by Crippen LogP contribution is 2.17. The summed E-state index contributed by atoms with van der Waals surface area (Å²) < 4.78 is 3.31. The molecule has 2 aromatic rings. The number of nitrogens with zero attached hydrogens (tertiary/aromatic N) is 3. The molecule has 0 aromatic carbocycles. The number of hydrogen-bond acceptors (Lipinski definition) is 5. The van der Waals surface area contributed by atoms with E-state index in [4.69, 9.17) is 0 Å². The first-order valence-electron chi connectivity index (χ1n) is 9.42. The summed E-state index contributed by atoms with van der Waals surface area (Å²) >= 11 is 1.28. The summed E-state index contributed by atoms with van der Waals surface area (Å²) in [6.07, 6.45) is 3.03. The predicted molar refractivity (Wildman–Crippen MR) is 104 cm³/mol. The first-order chi connectivity index (χ1) is 12.8. The summed E-state index contributed by atoms with van der Waals surface area (Å²) in [6.45, 7) is 6.96. The molecule has 7 nitrogen and oxygen atoms in total. The van der Waals surface area contributed by atoms with E-state index in [1.165, 1.54) is 18.3 Å². The molecule has 0 radical (unpaired) electrons. The van der Waals surface area contributed by atoms with Crippen LogP contribution in [-0.2, 0) is 19.5 Å². The van der Waals surface area contributed by atoms with E-state index in [2.05, 4.69) is 24.3 Å². The van der Waals surface area contributed by atoms with E-state index >= 15 is 0 Å². The summed E-state index contributed by atoms with van der Waals surface area (Å²) in [5.74, 6) is 1.12. The summed E-state index contributed by atoms with van der Waals surface area (Å²) in [6, 6.07) is 1.63. The standard InChI is InChI=1S/C19H26N4O3S/c1-12(2)6-9-23-19(26)22-8-7-15(4-5-17(22)21-23)20-18(25)14-10-16(13(3)24)27-11-14/h10-12,15H,4-9H2,1-3H3,(H,20,25). The van der Waals surface area contributed by atoms with Crippen molar-refractivity contribution in [2.24, 2.45) is 5.92 Å². The van der Waals surface area contributed by atoms with Crippen LogP contribution in [0.15, 0.2) is 16.2 Å². The fraction of sp³-hybridized carbons (Fsp3) is 0.579. The van der Waals surface area contributed by atoms with Gasteiger partial charge in [-0.2, -0.15) is 5.10 Å². The van der Waals surface area contributed by atoms with Crippen molar-refractivity contribution in [2.45, 2.75) is 65.6 Å². The van der Waals surface area contributed by atoms with E-state index in [0.29, 0.717) is 42.3 Å². The SMILES string of the molecule is CC(=O)c1cc(C(=O)NC2CCc3nn(CCC(C)C)c(=O)n3CC2)cs1. The second kappa shape index (κ2) is 8.21. The zero-order valence-corrected chi connectivity index (χ0v) is 16.8. The Hall–Kier alpha value is -2.22. The molecule has 27 heavy (non-hydrogen) atoms. The molecule has 0 spiro atoms. The Morgan fingerprint density at radius 1 is 1.37 bits per heavy atom. The van der Waals surface area contributed by atoms with E-state index in [1.807, 2.05) is 0 Å². The second-order valence-electron chi connectivity index (χ2n) is 7.51. The fourth-order valence-corrected chi connectivity index (χ4v) is 4.00. The zero-order chi connectivity index (χ0) is 19.6. The van der Waals surface area contributed by atoms with Crippen LogP contribution in [0.5, 0.6) is 0 Å². The molecular formula is C19H26N4O3S. The number of carbonyl (C=O) groups is 2. The molecule has 0 fully saturated rings. The second-order valence-corrected chi connectivity index (χ2v) is 8.42. The van der Waals surface area contributed by atoms with Crippen LogP contribution in [0, 0.1) is 5.92 Å². The van der Waals surface area contributed by atoms with Crippen LogP contribution in [0.3, 0.4) is 0 Å². The summed E-state index contributed by atoms with van der Waals surface area (Å²) in [4.78, 5) is 37.0. The van der Waals surface area contributed by atoms with Crippen LogP contribution >= 0.6 is 11.3 Å². The van der Waals surface area contributed by atoms with Crippen molar-refractivity contribution < 1.29 is 9.59 Å². The van der Waals surface area contributed by atoms with E-state index in [1.54, 1.807) is 20.7 Å².